The number of aliphatic carboxylic acids is 1. The molecule has 0 bridgehead atoms. The molecule has 2 N–H and O–H groups in total. The van der Waals surface area contributed by atoms with Gasteiger partial charge in [-0.15, -0.1) is 0 Å². The molecule has 0 aliphatic carbocycles. The van der Waals surface area contributed by atoms with E-state index in [4.69, 9.17) is 9.84 Å². The molecule has 19 heavy (non-hydrogen) atoms. The highest BCUT2D eigenvalue weighted by molar-refractivity contribution is 5.82. The molecule has 1 amide bonds. The van der Waals surface area contributed by atoms with Crippen molar-refractivity contribution in [2.75, 3.05) is 0 Å². The summed E-state index contributed by atoms with van der Waals surface area (Å²) in [6.45, 7) is 2.04. The third-order valence-electron chi connectivity index (χ3n) is 2.86. The molecule has 1 saturated heterocycles. The van der Waals surface area contributed by atoms with Crippen LogP contribution in [0.15, 0.2) is 12.3 Å². The lowest BCUT2D eigenvalue weighted by atomic mass is 10.2. The summed E-state index contributed by atoms with van der Waals surface area (Å²) in [5.41, 5.74) is 0.702. The standard InChI is InChI=1S/C12H15N3O4/c1-7-13-5-4-8(15-7)6-14-11(16)9-2-3-10(19-9)12(17)18/h4-5,9-10H,2-3,6H2,1H3,(H,14,16)(H,17,18)/t9-,10+/m0/s1. The van der Waals surface area contributed by atoms with Crippen molar-refractivity contribution >= 4 is 11.9 Å². The average molecular weight is 265 g/mol. The van der Waals surface area contributed by atoms with Gasteiger partial charge in [-0.3, -0.25) is 4.79 Å². The molecule has 7 nitrogen and oxygen atoms in total. The zero-order valence-electron chi connectivity index (χ0n) is 10.5. The molecule has 2 rings (SSSR count). The maximum absolute atomic E-state index is 11.8. The molecule has 1 aliphatic rings. The fourth-order valence-electron chi connectivity index (χ4n) is 1.91. The highest BCUT2D eigenvalue weighted by Crippen LogP contribution is 2.19. The third kappa shape index (κ3) is 3.47. The van der Waals surface area contributed by atoms with E-state index in [0.717, 1.165) is 0 Å². The van der Waals surface area contributed by atoms with Crippen LogP contribution in [-0.2, 0) is 20.9 Å². The number of nitrogens with zero attached hydrogens (tertiary/aromatic N) is 2. The Morgan fingerprint density at radius 3 is 2.84 bits per heavy atom. The summed E-state index contributed by atoms with van der Waals surface area (Å²) in [4.78, 5) is 30.6. The SMILES string of the molecule is Cc1nccc(CNC(=O)[C@@H]2CC[C@H](C(=O)O)O2)n1. The van der Waals surface area contributed by atoms with Gasteiger partial charge in [-0.25, -0.2) is 14.8 Å². The summed E-state index contributed by atoms with van der Waals surface area (Å²) >= 11 is 0. The van der Waals surface area contributed by atoms with E-state index in [0.29, 0.717) is 24.4 Å². The second-order valence-electron chi connectivity index (χ2n) is 4.34. The number of aryl methyl sites for hydroxylation is 1. The van der Waals surface area contributed by atoms with Gasteiger partial charge in [-0.2, -0.15) is 0 Å². The molecule has 0 radical (unpaired) electrons. The molecule has 1 aliphatic heterocycles. The van der Waals surface area contributed by atoms with Gasteiger partial charge in [-0.05, 0) is 25.8 Å². The minimum Gasteiger partial charge on any atom is -0.479 e. The van der Waals surface area contributed by atoms with Gasteiger partial charge in [0, 0.05) is 6.20 Å². The molecule has 0 unspecified atom stereocenters. The second-order valence-corrected chi connectivity index (χ2v) is 4.34. The van der Waals surface area contributed by atoms with E-state index in [1.54, 1.807) is 19.2 Å². The first kappa shape index (κ1) is 13.4. The average Bonchev–Trinajstić information content (AvgIpc) is 2.86. The summed E-state index contributed by atoms with van der Waals surface area (Å²) in [5, 5.41) is 11.5. The van der Waals surface area contributed by atoms with Gasteiger partial charge in [0.1, 0.15) is 11.9 Å². The lowest BCUT2D eigenvalue weighted by Gasteiger charge is -2.11. The van der Waals surface area contributed by atoms with E-state index in [1.807, 2.05) is 0 Å². The fourth-order valence-corrected chi connectivity index (χ4v) is 1.91. The molecule has 2 atom stereocenters. The molecule has 1 aromatic rings. The van der Waals surface area contributed by atoms with Crippen LogP contribution in [0.5, 0.6) is 0 Å². The number of hydrogen-bond donors (Lipinski definition) is 2. The van der Waals surface area contributed by atoms with E-state index < -0.39 is 18.2 Å². The van der Waals surface area contributed by atoms with Crippen LogP contribution < -0.4 is 5.32 Å². The summed E-state index contributed by atoms with van der Waals surface area (Å²) in [6.07, 6.45) is 0.836. The monoisotopic (exact) mass is 265 g/mol. The molecular formula is C12H15N3O4. The Morgan fingerprint density at radius 2 is 2.21 bits per heavy atom. The number of hydrogen-bond acceptors (Lipinski definition) is 5. The highest BCUT2D eigenvalue weighted by Gasteiger charge is 2.34. The van der Waals surface area contributed by atoms with Crippen molar-refractivity contribution in [1.82, 2.24) is 15.3 Å². The van der Waals surface area contributed by atoms with Crippen LogP contribution in [0.1, 0.15) is 24.4 Å². The second kappa shape index (κ2) is 5.75. The van der Waals surface area contributed by atoms with Crippen LogP contribution in [0.25, 0.3) is 0 Å². The molecule has 0 saturated carbocycles. The van der Waals surface area contributed by atoms with Crippen LogP contribution in [0.3, 0.4) is 0 Å². The van der Waals surface area contributed by atoms with Gasteiger partial charge in [0.05, 0.1) is 12.2 Å². The van der Waals surface area contributed by atoms with Crippen molar-refractivity contribution in [3.8, 4) is 0 Å². The van der Waals surface area contributed by atoms with Crippen LogP contribution in [0, 0.1) is 6.92 Å². The van der Waals surface area contributed by atoms with Crippen molar-refractivity contribution in [3.63, 3.8) is 0 Å². The number of amides is 1. The van der Waals surface area contributed by atoms with Crippen LogP contribution >= 0.6 is 0 Å². The third-order valence-corrected chi connectivity index (χ3v) is 2.86. The quantitative estimate of drug-likeness (QED) is 0.796. The van der Waals surface area contributed by atoms with E-state index in [2.05, 4.69) is 15.3 Å². The van der Waals surface area contributed by atoms with E-state index in [9.17, 15) is 9.59 Å². The molecule has 1 fully saturated rings. The number of carbonyl (C=O) groups is 2. The summed E-state index contributed by atoms with van der Waals surface area (Å²) in [5.74, 6) is -0.698. The largest absolute Gasteiger partial charge is 0.479 e. The molecule has 0 aromatic carbocycles. The first-order chi connectivity index (χ1) is 9.06. The molecule has 1 aromatic heterocycles. The zero-order chi connectivity index (χ0) is 13.8. The minimum absolute atomic E-state index is 0.278. The number of nitrogens with one attached hydrogen (secondary N) is 1. The Hall–Kier alpha value is -2.02. The highest BCUT2D eigenvalue weighted by atomic mass is 16.5. The van der Waals surface area contributed by atoms with Crippen molar-refractivity contribution in [3.05, 3.63) is 23.8 Å². The summed E-state index contributed by atoms with van der Waals surface area (Å²) in [7, 11) is 0. The normalized spacial score (nSPS) is 22.2. The van der Waals surface area contributed by atoms with Gasteiger partial charge in [0.15, 0.2) is 6.10 Å². The maximum atomic E-state index is 11.8. The van der Waals surface area contributed by atoms with Gasteiger partial charge < -0.3 is 15.2 Å². The lowest BCUT2D eigenvalue weighted by Crippen LogP contribution is -2.35. The Labute approximate surface area is 110 Å². The Bertz CT molecular complexity index is 492. The fraction of sp³-hybridized carbons (Fsp3) is 0.500. The number of aromatic nitrogens is 2. The smallest absolute Gasteiger partial charge is 0.332 e. The summed E-state index contributed by atoms with van der Waals surface area (Å²) < 4.78 is 5.15. The van der Waals surface area contributed by atoms with Crippen molar-refractivity contribution in [2.45, 2.75) is 38.5 Å². The van der Waals surface area contributed by atoms with Crippen LogP contribution in [0.4, 0.5) is 0 Å². The Balaban J connectivity index is 1.84. The topological polar surface area (TPSA) is 101 Å². The predicted octanol–water partition coefficient (Wildman–Crippen LogP) is 0.0334. The van der Waals surface area contributed by atoms with Gasteiger partial charge in [0.25, 0.3) is 0 Å². The van der Waals surface area contributed by atoms with E-state index in [-0.39, 0.29) is 12.5 Å². The summed E-state index contributed by atoms with van der Waals surface area (Å²) in [6, 6.07) is 1.71. The van der Waals surface area contributed by atoms with E-state index >= 15 is 0 Å². The molecule has 102 valence electrons. The zero-order valence-corrected chi connectivity index (χ0v) is 10.5. The van der Waals surface area contributed by atoms with Crippen molar-refractivity contribution in [2.24, 2.45) is 0 Å². The van der Waals surface area contributed by atoms with Gasteiger partial charge in [0.2, 0.25) is 5.91 Å². The maximum Gasteiger partial charge on any atom is 0.332 e. The van der Waals surface area contributed by atoms with Crippen LogP contribution in [-0.4, -0.2) is 39.2 Å². The first-order valence-electron chi connectivity index (χ1n) is 6.01. The first-order valence-corrected chi connectivity index (χ1v) is 6.01. The number of carbonyl (C=O) groups excluding carboxylic acids is 1. The van der Waals surface area contributed by atoms with Crippen LogP contribution in [0.2, 0.25) is 0 Å². The number of carboxylic acid groups (broad SMARTS) is 1. The molecule has 7 heteroatoms. The number of rotatable bonds is 4. The molecular weight excluding hydrogens is 250 g/mol. The lowest BCUT2D eigenvalue weighted by molar-refractivity contribution is -0.151. The molecule has 2 heterocycles. The minimum atomic E-state index is -1.03. The molecule has 0 spiro atoms. The van der Waals surface area contributed by atoms with Gasteiger partial charge in [-0.1, -0.05) is 0 Å². The van der Waals surface area contributed by atoms with Crippen molar-refractivity contribution < 1.29 is 19.4 Å². The number of carboxylic acids is 1. The van der Waals surface area contributed by atoms with E-state index in [1.165, 1.54) is 0 Å². The number of ether oxygens (including phenoxy) is 1. The van der Waals surface area contributed by atoms with Gasteiger partial charge >= 0.3 is 5.97 Å². The van der Waals surface area contributed by atoms with Crippen molar-refractivity contribution in [1.29, 1.82) is 0 Å². The predicted molar refractivity (Wildman–Crippen MR) is 64.1 cm³/mol. The Kier molecular flexibility index (Phi) is 4.06. The Morgan fingerprint density at radius 1 is 1.47 bits per heavy atom.